The Morgan fingerprint density at radius 1 is 1.09 bits per heavy atom. The second kappa shape index (κ2) is 7.58. The summed E-state index contributed by atoms with van der Waals surface area (Å²) in [6.45, 7) is 0.215. The van der Waals surface area contributed by atoms with E-state index in [4.69, 9.17) is 39.5 Å². The van der Waals surface area contributed by atoms with Gasteiger partial charge in [-0.3, -0.25) is 4.79 Å². The average molecular weight is 361 g/mol. The first-order valence-electron chi connectivity index (χ1n) is 6.32. The number of ether oxygens (including phenoxy) is 1. The van der Waals surface area contributed by atoms with Crippen LogP contribution in [0.4, 0.5) is 5.69 Å². The highest BCUT2D eigenvalue weighted by atomic mass is 35.5. The number of hydrogen-bond donors (Lipinski definition) is 2. The van der Waals surface area contributed by atoms with E-state index in [1.54, 1.807) is 24.3 Å². The number of phenolic OH excluding ortho intramolecular Hbond substituents is 1. The zero-order valence-corrected chi connectivity index (χ0v) is 13.5. The van der Waals surface area contributed by atoms with E-state index in [9.17, 15) is 9.90 Å². The molecule has 0 atom stereocenters. The van der Waals surface area contributed by atoms with Crippen LogP contribution in [-0.2, 0) is 4.79 Å². The maximum absolute atomic E-state index is 11.8. The van der Waals surface area contributed by atoms with E-state index in [2.05, 4.69) is 5.32 Å². The first-order valence-corrected chi connectivity index (χ1v) is 7.45. The number of nitrogens with one attached hydrogen (secondary N) is 1. The van der Waals surface area contributed by atoms with Crippen molar-refractivity contribution in [2.45, 2.75) is 6.42 Å². The van der Waals surface area contributed by atoms with E-state index in [0.29, 0.717) is 16.5 Å². The van der Waals surface area contributed by atoms with Gasteiger partial charge in [0.25, 0.3) is 0 Å². The standard InChI is InChI=1S/C15H12Cl3NO3/c16-9-1-3-11(4-2-9)22-6-5-14(20)19-10-7-12(17)15(21)13(18)8-10/h1-4,7-8,21H,5-6H2,(H,19,20). The number of anilines is 1. The SMILES string of the molecule is O=C(CCOc1ccc(Cl)cc1)Nc1cc(Cl)c(O)c(Cl)c1. The van der Waals surface area contributed by atoms with Gasteiger partial charge in [-0.05, 0) is 36.4 Å². The number of benzene rings is 2. The molecule has 0 aliphatic rings. The molecule has 0 fully saturated rings. The number of amides is 1. The van der Waals surface area contributed by atoms with Crippen LogP contribution in [0, 0.1) is 0 Å². The molecular formula is C15H12Cl3NO3. The van der Waals surface area contributed by atoms with Crippen LogP contribution >= 0.6 is 34.8 Å². The van der Waals surface area contributed by atoms with Gasteiger partial charge in [-0.15, -0.1) is 0 Å². The van der Waals surface area contributed by atoms with Crippen LogP contribution in [0.5, 0.6) is 11.5 Å². The van der Waals surface area contributed by atoms with Gasteiger partial charge in [0.1, 0.15) is 5.75 Å². The van der Waals surface area contributed by atoms with Gasteiger partial charge in [-0.1, -0.05) is 34.8 Å². The molecule has 0 spiro atoms. The lowest BCUT2D eigenvalue weighted by molar-refractivity contribution is -0.116. The summed E-state index contributed by atoms with van der Waals surface area (Å²) >= 11 is 17.3. The fraction of sp³-hybridized carbons (Fsp3) is 0.133. The molecule has 2 rings (SSSR count). The van der Waals surface area contributed by atoms with E-state index >= 15 is 0 Å². The van der Waals surface area contributed by atoms with Crippen molar-refractivity contribution in [3.05, 3.63) is 51.5 Å². The van der Waals surface area contributed by atoms with E-state index in [0.717, 1.165) is 0 Å². The molecule has 0 heterocycles. The summed E-state index contributed by atoms with van der Waals surface area (Å²) in [5.41, 5.74) is 0.407. The lowest BCUT2D eigenvalue weighted by Crippen LogP contribution is -2.15. The third-order valence-electron chi connectivity index (χ3n) is 2.71. The van der Waals surface area contributed by atoms with Crippen LogP contribution < -0.4 is 10.1 Å². The minimum atomic E-state index is -0.258. The molecule has 2 aromatic carbocycles. The van der Waals surface area contributed by atoms with Gasteiger partial charge < -0.3 is 15.2 Å². The highest BCUT2D eigenvalue weighted by Crippen LogP contribution is 2.34. The zero-order valence-electron chi connectivity index (χ0n) is 11.3. The Bertz CT molecular complexity index is 651. The van der Waals surface area contributed by atoms with Gasteiger partial charge in [0.2, 0.25) is 5.91 Å². The minimum Gasteiger partial charge on any atom is -0.505 e. The van der Waals surface area contributed by atoms with E-state index in [1.165, 1.54) is 12.1 Å². The fourth-order valence-electron chi connectivity index (χ4n) is 1.65. The fourth-order valence-corrected chi connectivity index (χ4v) is 2.27. The van der Waals surface area contributed by atoms with Gasteiger partial charge in [0.15, 0.2) is 5.75 Å². The molecule has 22 heavy (non-hydrogen) atoms. The number of rotatable bonds is 5. The largest absolute Gasteiger partial charge is 0.505 e. The first-order chi connectivity index (χ1) is 10.5. The smallest absolute Gasteiger partial charge is 0.227 e. The van der Waals surface area contributed by atoms with Gasteiger partial charge in [0.05, 0.1) is 23.1 Å². The highest BCUT2D eigenvalue weighted by Gasteiger charge is 2.09. The molecule has 7 heteroatoms. The van der Waals surface area contributed by atoms with E-state index < -0.39 is 0 Å². The molecule has 1 amide bonds. The summed E-state index contributed by atoms with van der Waals surface area (Å²) in [6.07, 6.45) is 0.152. The summed E-state index contributed by atoms with van der Waals surface area (Å²) in [5.74, 6) is 0.159. The van der Waals surface area contributed by atoms with Crippen molar-refractivity contribution < 1.29 is 14.6 Å². The van der Waals surface area contributed by atoms with Crippen molar-refractivity contribution in [3.63, 3.8) is 0 Å². The Kier molecular flexibility index (Phi) is 5.77. The van der Waals surface area contributed by atoms with Crippen molar-refractivity contribution >= 4 is 46.4 Å². The number of phenols is 1. The Hall–Kier alpha value is -1.62. The van der Waals surface area contributed by atoms with Gasteiger partial charge in [-0.2, -0.15) is 0 Å². The van der Waals surface area contributed by atoms with Crippen molar-refractivity contribution in [2.75, 3.05) is 11.9 Å². The molecule has 0 saturated carbocycles. The summed E-state index contributed by atoms with van der Waals surface area (Å²) < 4.78 is 5.42. The second-order valence-electron chi connectivity index (χ2n) is 4.39. The number of hydrogen-bond acceptors (Lipinski definition) is 3. The summed E-state index contributed by atoms with van der Waals surface area (Å²) in [6, 6.07) is 9.69. The van der Waals surface area contributed by atoms with Crippen LogP contribution in [0.1, 0.15) is 6.42 Å². The van der Waals surface area contributed by atoms with Crippen LogP contribution in [-0.4, -0.2) is 17.6 Å². The first kappa shape index (κ1) is 16.7. The molecule has 0 radical (unpaired) electrons. The quantitative estimate of drug-likeness (QED) is 0.756. The normalized spacial score (nSPS) is 10.3. The summed E-state index contributed by atoms with van der Waals surface area (Å²) in [5, 5.41) is 12.8. The highest BCUT2D eigenvalue weighted by molar-refractivity contribution is 6.37. The molecule has 116 valence electrons. The van der Waals surface area contributed by atoms with Crippen molar-refractivity contribution in [3.8, 4) is 11.5 Å². The minimum absolute atomic E-state index is 0.0696. The Morgan fingerprint density at radius 2 is 1.68 bits per heavy atom. The predicted molar refractivity (Wildman–Crippen MR) is 88.3 cm³/mol. The second-order valence-corrected chi connectivity index (χ2v) is 5.64. The Balaban J connectivity index is 1.84. The predicted octanol–water partition coefficient (Wildman–Crippen LogP) is 4.76. The Labute approximate surface area is 142 Å². The summed E-state index contributed by atoms with van der Waals surface area (Å²) in [4.78, 5) is 11.8. The van der Waals surface area contributed by atoms with E-state index in [1.807, 2.05) is 0 Å². The maximum Gasteiger partial charge on any atom is 0.227 e. The third-order valence-corrected chi connectivity index (χ3v) is 3.54. The number of carbonyl (C=O) groups is 1. The lowest BCUT2D eigenvalue weighted by atomic mass is 10.3. The van der Waals surface area contributed by atoms with Crippen LogP contribution in [0.2, 0.25) is 15.1 Å². The molecule has 2 N–H and O–H groups in total. The molecule has 0 saturated heterocycles. The lowest BCUT2D eigenvalue weighted by Gasteiger charge is -2.09. The molecule has 0 unspecified atom stereocenters. The van der Waals surface area contributed by atoms with Gasteiger partial charge in [0, 0.05) is 10.7 Å². The number of halogens is 3. The number of aromatic hydroxyl groups is 1. The van der Waals surface area contributed by atoms with Crippen molar-refractivity contribution in [1.29, 1.82) is 0 Å². The van der Waals surface area contributed by atoms with E-state index in [-0.39, 0.29) is 34.7 Å². The molecule has 0 aliphatic carbocycles. The van der Waals surface area contributed by atoms with Crippen LogP contribution in [0.25, 0.3) is 0 Å². The topological polar surface area (TPSA) is 58.6 Å². The van der Waals surface area contributed by atoms with Crippen molar-refractivity contribution in [1.82, 2.24) is 0 Å². The van der Waals surface area contributed by atoms with Gasteiger partial charge >= 0.3 is 0 Å². The maximum atomic E-state index is 11.8. The van der Waals surface area contributed by atoms with Crippen LogP contribution in [0.15, 0.2) is 36.4 Å². The molecule has 0 aliphatic heterocycles. The molecule has 0 aromatic heterocycles. The molecule has 0 bridgehead atoms. The average Bonchev–Trinajstić information content (AvgIpc) is 2.47. The molecule has 2 aromatic rings. The third kappa shape index (κ3) is 4.70. The van der Waals surface area contributed by atoms with Crippen molar-refractivity contribution in [2.24, 2.45) is 0 Å². The molecule has 4 nitrogen and oxygen atoms in total. The monoisotopic (exact) mass is 359 g/mol. The summed E-state index contributed by atoms with van der Waals surface area (Å²) in [7, 11) is 0. The Morgan fingerprint density at radius 3 is 2.27 bits per heavy atom. The molecular weight excluding hydrogens is 349 g/mol. The van der Waals surface area contributed by atoms with Crippen LogP contribution in [0.3, 0.4) is 0 Å². The van der Waals surface area contributed by atoms with Gasteiger partial charge in [-0.25, -0.2) is 0 Å². The zero-order chi connectivity index (χ0) is 16.1. The number of carbonyl (C=O) groups excluding carboxylic acids is 1.